The Balaban J connectivity index is 1.71. The molecule has 29 heavy (non-hydrogen) atoms. The number of alkyl halides is 3. The second kappa shape index (κ2) is 8.68. The summed E-state index contributed by atoms with van der Waals surface area (Å²) >= 11 is 0. The molecule has 1 aliphatic heterocycles. The van der Waals surface area contributed by atoms with Gasteiger partial charge in [0.25, 0.3) is 5.91 Å². The summed E-state index contributed by atoms with van der Waals surface area (Å²) in [6.07, 6.45) is -2.50. The highest BCUT2D eigenvalue weighted by Crippen LogP contribution is 2.29. The minimum absolute atomic E-state index is 0.109. The van der Waals surface area contributed by atoms with Crippen LogP contribution in [0.5, 0.6) is 0 Å². The summed E-state index contributed by atoms with van der Waals surface area (Å²) in [6, 6.07) is 11.4. The number of aryl methyl sites for hydroxylation is 1. The van der Waals surface area contributed by atoms with E-state index in [0.717, 1.165) is 36.1 Å². The molecule has 2 aromatic carbocycles. The summed E-state index contributed by atoms with van der Waals surface area (Å²) in [5, 5.41) is 2.63. The molecule has 3 rings (SSSR count). The number of amides is 2. The van der Waals surface area contributed by atoms with Crippen molar-refractivity contribution < 1.29 is 22.8 Å². The Hall–Kier alpha value is -2.83. The maximum Gasteiger partial charge on any atom is 0.416 e. The van der Waals surface area contributed by atoms with Crippen LogP contribution < -0.4 is 5.32 Å². The molecule has 0 bridgehead atoms. The van der Waals surface area contributed by atoms with Crippen LogP contribution in [0.2, 0.25) is 0 Å². The monoisotopic (exact) mass is 404 g/mol. The molecule has 2 amide bonds. The van der Waals surface area contributed by atoms with Gasteiger partial charge >= 0.3 is 6.18 Å². The summed E-state index contributed by atoms with van der Waals surface area (Å²) in [5.41, 5.74) is 1.12. The Bertz CT molecular complexity index is 878. The Morgan fingerprint density at radius 2 is 1.86 bits per heavy atom. The van der Waals surface area contributed by atoms with Crippen molar-refractivity contribution in [2.24, 2.45) is 0 Å². The maximum atomic E-state index is 12.9. The van der Waals surface area contributed by atoms with Crippen LogP contribution >= 0.6 is 0 Å². The fourth-order valence-corrected chi connectivity index (χ4v) is 3.39. The molecular formula is C22H23F3N2O2. The van der Waals surface area contributed by atoms with E-state index in [2.05, 4.69) is 5.32 Å². The molecule has 1 saturated heterocycles. The van der Waals surface area contributed by atoms with Gasteiger partial charge < -0.3 is 10.2 Å². The van der Waals surface area contributed by atoms with E-state index in [-0.39, 0.29) is 11.5 Å². The Morgan fingerprint density at radius 1 is 1.14 bits per heavy atom. The van der Waals surface area contributed by atoms with Crippen molar-refractivity contribution in [2.75, 3.05) is 6.54 Å². The highest BCUT2D eigenvalue weighted by atomic mass is 19.4. The fraction of sp³-hybridized carbons (Fsp3) is 0.364. The van der Waals surface area contributed by atoms with Crippen LogP contribution in [0.15, 0.2) is 48.5 Å². The van der Waals surface area contributed by atoms with E-state index in [9.17, 15) is 22.8 Å². The molecular weight excluding hydrogens is 381 g/mol. The number of hydrogen-bond acceptors (Lipinski definition) is 2. The quantitative estimate of drug-likeness (QED) is 0.825. The Morgan fingerprint density at radius 3 is 2.55 bits per heavy atom. The van der Waals surface area contributed by atoms with Crippen molar-refractivity contribution in [1.29, 1.82) is 0 Å². The van der Waals surface area contributed by atoms with Crippen molar-refractivity contribution in [3.05, 3.63) is 70.8 Å². The van der Waals surface area contributed by atoms with Gasteiger partial charge in [0, 0.05) is 18.7 Å². The highest BCUT2D eigenvalue weighted by molar-refractivity contribution is 5.97. The van der Waals surface area contributed by atoms with Gasteiger partial charge in [-0.15, -0.1) is 0 Å². The molecule has 1 atom stereocenters. The Labute approximate surface area is 167 Å². The number of hydrogen-bond donors (Lipinski definition) is 1. The average Bonchev–Trinajstić information content (AvgIpc) is 2.85. The molecule has 0 radical (unpaired) electrons. The zero-order valence-electron chi connectivity index (χ0n) is 16.1. The zero-order chi connectivity index (χ0) is 21.0. The van der Waals surface area contributed by atoms with Crippen molar-refractivity contribution in [3.63, 3.8) is 0 Å². The number of likely N-dealkylation sites (tertiary alicyclic amines) is 1. The van der Waals surface area contributed by atoms with Crippen molar-refractivity contribution >= 4 is 11.8 Å². The third kappa shape index (κ3) is 5.37. The molecule has 154 valence electrons. The van der Waals surface area contributed by atoms with Gasteiger partial charge in [-0.05, 0) is 49.9 Å². The molecule has 1 aliphatic rings. The predicted octanol–water partition coefficient (Wildman–Crippen LogP) is 4.32. The molecule has 1 heterocycles. The summed E-state index contributed by atoms with van der Waals surface area (Å²) < 4.78 is 38.7. The van der Waals surface area contributed by atoms with E-state index in [1.165, 1.54) is 12.1 Å². The molecule has 0 spiro atoms. The van der Waals surface area contributed by atoms with Gasteiger partial charge in [-0.25, -0.2) is 0 Å². The number of carbonyl (C=O) groups excluding carboxylic acids is 2. The first-order chi connectivity index (χ1) is 13.7. The van der Waals surface area contributed by atoms with Crippen molar-refractivity contribution in [3.8, 4) is 0 Å². The van der Waals surface area contributed by atoms with E-state index in [1.807, 2.05) is 31.2 Å². The predicted molar refractivity (Wildman–Crippen MR) is 103 cm³/mol. The van der Waals surface area contributed by atoms with Crippen molar-refractivity contribution in [2.45, 2.75) is 44.9 Å². The molecule has 4 nitrogen and oxygen atoms in total. The molecule has 1 fully saturated rings. The largest absolute Gasteiger partial charge is 0.416 e. The molecule has 7 heteroatoms. The number of carbonyl (C=O) groups is 2. The second-order valence-corrected chi connectivity index (χ2v) is 7.35. The van der Waals surface area contributed by atoms with E-state index in [1.54, 1.807) is 4.90 Å². The number of benzene rings is 2. The fourth-order valence-electron chi connectivity index (χ4n) is 3.39. The van der Waals surface area contributed by atoms with E-state index in [0.29, 0.717) is 19.5 Å². The lowest BCUT2D eigenvalue weighted by Gasteiger charge is -2.25. The van der Waals surface area contributed by atoms with Crippen LogP contribution in [-0.2, 0) is 17.5 Å². The van der Waals surface area contributed by atoms with Crippen LogP contribution in [0.1, 0.15) is 46.3 Å². The van der Waals surface area contributed by atoms with Crippen LogP contribution in [0, 0.1) is 6.92 Å². The van der Waals surface area contributed by atoms with E-state index >= 15 is 0 Å². The smallest absolute Gasteiger partial charge is 0.340 e. The first kappa shape index (κ1) is 20.9. The first-order valence-electron chi connectivity index (χ1n) is 9.56. The van der Waals surface area contributed by atoms with Gasteiger partial charge in [-0.3, -0.25) is 9.59 Å². The van der Waals surface area contributed by atoms with Gasteiger partial charge in [-0.2, -0.15) is 13.2 Å². The third-order valence-electron chi connectivity index (χ3n) is 5.03. The lowest BCUT2D eigenvalue weighted by molar-refractivity contribution is -0.137. The molecule has 0 aromatic heterocycles. The SMILES string of the molecule is Cc1ccc(CN2CCCCC(NC(=O)c3cccc(C(F)(F)F)c3)C2=O)cc1. The van der Waals surface area contributed by atoms with Gasteiger partial charge in [0.1, 0.15) is 6.04 Å². The lowest BCUT2D eigenvalue weighted by Crippen LogP contribution is -2.47. The molecule has 2 aromatic rings. The first-order valence-corrected chi connectivity index (χ1v) is 9.56. The maximum absolute atomic E-state index is 12.9. The summed E-state index contributed by atoms with van der Waals surface area (Å²) in [6.45, 7) is 3.01. The minimum Gasteiger partial charge on any atom is -0.340 e. The summed E-state index contributed by atoms with van der Waals surface area (Å²) in [4.78, 5) is 27.1. The van der Waals surface area contributed by atoms with Crippen LogP contribution in [0.3, 0.4) is 0 Å². The van der Waals surface area contributed by atoms with E-state index in [4.69, 9.17) is 0 Å². The van der Waals surface area contributed by atoms with Crippen molar-refractivity contribution in [1.82, 2.24) is 10.2 Å². The number of rotatable bonds is 4. The molecule has 1 unspecified atom stereocenters. The second-order valence-electron chi connectivity index (χ2n) is 7.35. The molecule has 1 N–H and O–H groups in total. The standard InChI is InChI=1S/C22H23F3N2O2/c1-15-8-10-16(11-9-15)14-27-12-3-2-7-19(21(27)29)26-20(28)17-5-4-6-18(13-17)22(23,24)25/h4-6,8-11,13,19H,2-3,7,12,14H2,1H3,(H,26,28). The van der Waals surface area contributed by atoms with Gasteiger partial charge in [0.15, 0.2) is 0 Å². The number of nitrogens with one attached hydrogen (secondary N) is 1. The molecule has 0 aliphatic carbocycles. The van der Waals surface area contributed by atoms with Crippen LogP contribution in [-0.4, -0.2) is 29.3 Å². The Kier molecular flexibility index (Phi) is 6.25. The summed E-state index contributed by atoms with van der Waals surface area (Å²) in [5.74, 6) is -0.880. The lowest BCUT2D eigenvalue weighted by atomic mass is 10.1. The van der Waals surface area contributed by atoms with Gasteiger partial charge in [0.05, 0.1) is 5.56 Å². The zero-order valence-corrected chi connectivity index (χ0v) is 16.1. The summed E-state index contributed by atoms with van der Waals surface area (Å²) in [7, 11) is 0. The average molecular weight is 404 g/mol. The van der Waals surface area contributed by atoms with Gasteiger partial charge in [0.2, 0.25) is 5.91 Å². The topological polar surface area (TPSA) is 49.4 Å². The minimum atomic E-state index is -4.53. The third-order valence-corrected chi connectivity index (χ3v) is 5.03. The number of halogens is 3. The normalized spacial score (nSPS) is 17.7. The highest BCUT2D eigenvalue weighted by Gasteiger charge is 2.32. The molecule has 0 saturated carbocycles. The van der Waals surface area contributed by atoms with Crippen LogP contribution in [0.25, 0.3) is 0 Å². The van der Waals surface area contributed by atoms with Gasteiger partial charge in [-0.1, -0.05) is 35.9 Å². The van der Waals surface area contributed by atoms with E-state index < -0.39 is 23.7 Å². The van der Waals surface area contributed by atoms with Crippen LogP contribution in [0.4, 0.5) is 13.2 Å². The number of nitrogens with zero attached hydrogens (tertiary/aromatic N) is 1.